The molecule has 1 rings (SSSR count). The van der Waals surface area contributed by atoms with Crippen LogP contribution in [0.4, 0.5) is 5.82 Å². The quantitative estimate of drug-likeness (QED) is 0.601. The topological polar surface area (TPSA) is 37.8 Å². The van der Waals surface area contributed by atoms with Gasteiger partial charge in [-0.25, -0.2) is 0 Å². The minimum Gasteiger partial charge on any atom is -0.372 e. The second-order valence-electron chi connectivity index (χ2n) is 1.81. The van der Waals surface area contributed by atoms with Crippen molar-refractivity contribution in [2.75, 3.05) is 12.4 Å². The number of hydrogen-bond acceptors (Lipinski definition) is 3. The lowest BCUT2D eigenvalue weighted by Gasteiger charge is -1.94. The Labute approximate surface area is 54.1 Å². The molecule has 1 aromatic heterocycles. The molecule has 0 bridgehead atoms. The maximum absolute atomic E-state index is 3.84. The van der Waals surface area contributed by atoms with E-state index < -0.39 is 0 Å². The monoisotopic (exact) mass is 123 g/mol. The van der Waals surface area contributed by atoms with Crippen molar-refractivity contribution in [2.45, 2.75) is 6.92 Å². The lowest BCUT2D eigenvalue weighted by molar-refractivity contribution is 0.982. The molecule has 48 valence electrons. The summed E-state index contributed by atoms with van der Waals surface area (Å²) in [4.78, 5) is 0. The molecule has 0 saturated carbocycles. The predicted molar refractivity (Wildman–Crippen MR) is 36.3 cm³/mol. The second kappa shape index (κ2) is 2.44. The number of hydrogen-bond donors (Lipinski definition) is 1. The predicted octanol–water partition coefficient (Wildman–Crippen LogP) is 0.827. The van der Waals surface area contributed by atoms with E-state index >= 15 is 0 Å². The van der Waals surface area contributed by atoms with Gasteiger partial charge < -0.3 is 5.32 Å². The zero-order valence-electron chi connectivity index (χ0n) is 5.55. The molecule has 0 aromatic carbocycles. The number of rotatable bonds is 1. The van der Waals surface area contributed by atoms with Gasteiger partial charge in [-0.15, -0.1) is 5.10 Å². The van der Waals surface area contributed by atoms with Gasteiger partial charge in [0.25, 0.3) is 0 Å². The Morgan fingerprint density at radius 2 is 2.11 bits per heavy atom. The smallest absolute Gasteiger partial charge is 0.148 e. The normalized spacial score (nSPS) is 9.11. The first kappa shape index (κ1) is 6.01. The van der Waals surface area contributed by atoms with Crippen LogP contribution in [0.15, 0.2) is 12.1 Å². The third kappa shape index (κ3) is 1.38. The van der Waals surface area contributed by atoms with Gasteiger partial charge in [-0.1, -0.05) is 0 Å². The molecule has 1 aromatic rings. The van der Waals surface area contributed by atoms with Gasteiger partial charge in [0.15, 0.2) is 0 Å². The van der Waals surface area contributed by atoms with Gasteiger partial charge in [-0.2, -0.15) is 5.10 Å². The van der Waals surface area contributed by atoms with Gasteiger partial charge in [-0.05, 0) is 19.1 Å². The van der Waals surface area contributed by atoms with E-state index in [1.807, 2.05) is 26.1 Å². The van der Waals surface area contributed by atoms with E-state index in [0.29, 0.717) is 0 Å². The summed E-state index contributed by atoms with van der Waals surface area (Å²) in [5, 5.41) is 10.6. The van der Waals surface area contributed by atoms with Gasteiger partial charge >= 0.3 is 0 Å². The van der Waals surface area contributed by atoms with Crippen LogP contribution in [0.2, 0.25) is 0 Å². The molecule has 0 radical (unpaired) electrons. The maximum atomic E-state index is 3.84. The summed E-state index contributed by atoms with van der Waals surface area (Å²) < 4.78 is 0. The SMILES string of the molecule is CNc1ccc(C)nn1. The molecule has 0 aliphatic rings. The Morgan fingerprint density at radius 1 is 1.33 bits per heavy atom. The fraction of sp³-hybridized carbons (Fsp3) is 0.333. The molecule has 0 unspecified atom stereocenters. The molecular weight excluding hydrogens is 114 g/mol. The molecule has 0 saturated heterocycles. The number of nitrogens with one attached hydrogen (secondary N) is 1. The lowest BCUT2D eigenvalue weighted by Crippen LogP contribution is -1.94. The van der Waals surface area contributed by atoms with E-state index in [-0.39, 0.29) is 0 Å². The summed E-state index contributed by atoms with van der Waals surface area (Å²) in [6, 6.07) is 3.81. The lowest BCUT2D eigenvalue weighted by atomic mass is 10.4. The van der Waals surface area contributed by atoms with Gasteiger partial charge in [0, 0.05) is 7.05 Å². The second-order valence-corrected chi connectivity index (χ2v) is 1.81. The first-order chi connectivity index (χ1) is 4.33. The molecule has 0 fully saturated rings. The van der Waals surface area contributed by atoms with E-state index in [4.69, 9.17) is 0 Å². The van der Waals surface area contributed by atoms with Crippen molar-refractivity contribution in [3.63, 3.8) is 0 Å². The fourth-order valence-corrected chi connectivity index (χ4v) is 0.532. The van der Waals surface area contributed by atoms with E-state index in [1.165, 1.54) is 0 Å². The van der Waals surface area contributed by atoms with Crippen molar-refractivity contribution in [2.24, 2.45) is 0 Å². The minimum atomic E-state index is 0.806. The average Bonchev–Trinajstić information content (AvgIpc) is 1.90. The van der Waals surface area contributed by atoms with E-state index in [9.17, 15) is 0 Å². The Balaban J connectivity index is 2.88. The molecule has 3 nitrogen and oxygen atoms in total. The Bertz CT molecular complexity index is 180. The van der Waals surface area contributed by atoms with Crippen molar-refractivity contribution in [3.05, 3.63) is 17.8 Å². The summed E-state index contributed by atoms with van der Waals surface area (Å²) in [7, 11) is 1.82. The van der Waals surface area contributed by atoms with Crippen LogP contribution in [0.3, 0.4) is 0 Å². The van der Waals surface area contributed by atoms with Crippen molar-refractivity contribution in [1.82, 2.24) is 10.2 Å². The maximum Gasteiger partial charge on any atom is 0.148 e. The van der Waals surface area contributed by atoms with Crippen molar-refractivity contribution in [3.8, 4) is 0 Å². The van der Waals surface area contributed by atoms with Crippen LogP contribution in [0.1, 0.15) is 5.69 Å². The highest BCUT2D eigenvalue weighted by molar-refractivity contribution is 5.31. The number of aromatic nitrogens is 2. The zero-order chi connectivity index (χ0) is 6.69. The summed E-state index contributed by atoms with van der Waals surface area (Å²) in [6.45, 7) is 1.91. The molecule has 0 amide bonds. The average molecular weight is 123 g/mol. The highest BCUT2D eigenvalue weighted by Gasteiger charge is 1.86. The summed E-state index contributed by atoms with van der Waals surface area (Å²) >= 11 is 0. The number of aryl methyl sites for hydroxylation is 1. The molecule has 3 heteroatoms. The van der Waals surface area contributed by atoms with Crippen LogP contribution < -0.4 is 5.32 Å². The van der Waals surface area contributed by atoms with Crippen molar-refractivity contribution >= 4 is 5.82 Å². The molecule has 0 atom stereocenters. The Hall–Kier alpha value is -1.12. The molecular formula is C6H9N3. The first-order valence-electron chi connectivity index (χ1n) is 2.81. The molecule has 9 heavy (non-hydrogen) atoms. The van der Waals surface area contributed by atoms with E-state index in [2.05, 4.69) is 15.5 Å². The largest absolute Gasteiger partial charge is 0.372 e. The van der Waals surface area contributed by atoms with Crippen LogP contribution in [-0.2, 0) is 0 Å². The molecule has 1 heterocycles. The van der Waals surface area contributed by atoms with Gasteiger partial charge in [0.05, 0.1) is 5.69 Å². The number of anilines is 1. The highest BCUT2D eigenvalue weighted by atomic mass is 15.2. The summed E-state index contributed by atoms with van der Waals surface area (Å²) in [6.07, 6.45) is 0. The van der Waals surface area contributed by atoms with Crippen molar-refractivity contribution in [1.29, 1.82) is 0 Å². The summed E-state index contributed by atoms with van der Waals surface area (Å²) in [5.74, 6) is 0.806. The Kier molecular flexibility index (Phi) is 1.63. The van der Waals surface area contributed by atoms with Crippen LogP contribution in [0.5, 0.6) is 0 Å². The van der Waals surface area contributed by atoms with Gasteiger partial charge in [0.2, 0.25) is 0 Å². The summed E-state index contributed by atoms with van der Waals surface area (Å²) in [5.41, 5.74) is 0.939. The van der Waals surface area contributed by atoms with E-state index in [0.717, 1.165) is 11.5 Å². The van der Waals surface area contributed by atoms with Crippen molar-refractivity contribution < 1.29 is 0 Å². The van der Waals surface area contributed by atoms with Crippen LogP contribution in [0, 0.1) is 6.92 Å². The molecule has 0 aliphatic heterocycles. The third-order valence-corrected chi connectivity index (χ3v) is 1.05. The molecule has 1 N–H and O–H groups in total. The standard InChI is InChI=1S/C6H9N3/c1-5-3-4-6(7-2)9-8-5/h3-4H,1-2H3,(H,7,9). The van der Waals surface area contributed by atoms with E-state index in [1.54, 1.807) is 0 Å². The highest BCUT2D eigenvalue weighted by Crippen LogP contribution is 1.97. The van der Waals surface area contributed by atoms with Crippen LogP contribution in [-0.4, -0.2) is 17.2 Å². The van der Waals surface area contributed by atoms with Gasteiger partial charge in [0.1, 0.15) is 5.82 Å². The molecule has 0 spiro atoms. The van der Waals surface area contributed by atoms with Crippen LogP contribution >= 0.6 is 0 Å². The number of nitrogens with zero attached hydrogens (tertiary/aromatic N) is 2. The minimum absolute atomic E-state index is 0.806. The third-order valence-electron chi connectivity index (χ3n) is 1.05. The van der Waals surface area contributed by atoms with Gasteiger partial charge in [-0.3, -0.25) is 0 Å². The first-order valence-corrected chi connectivity index (χ1v) is 2.81. The zero-order valence-corrected chi connectivity index (χ0v) is 5.55. The fourth-order valence-electron chi connectivity index (χ4n) is 0.532. The van der Waals surface area contributed by atoms with Crippen LogP contribution in [0.25, 0.3) is 0 Å². The Morgan fingerprint density at radius 3 is 2.56 bits per heavy atom. The molecule has 0 aliphatic carbocycles.